The highest BCUT2D eigenvalue weighted by molar-refractivity contribution is 6.01. The quantitative estimate of drug-likeness (QED) is 0.762. The highest BCUT2D eigenvalue weighted by atomic mass is 16.5. The van der Waals surface area contributed by atoms with Crippen LogP contribution < -0.4 is 19.7 Å². The minimum Gasteiger partial charge on any atom is -0.497 e. The number of rotatable bonds is 8. The summed E-state index contributed by atoms with van der Waals surface area (Å²) in [5, 5.41) is 2.92. The normalized spacial score (nSPS) is 17.1. The van der Waals surface area contributed by atoms with E-state index in [2.05, 4.69) is 17.1 Å². The van der Waals surface area contributed by atoms with Gasteiger partial charge in [0.25, 0.3) is 0 Å². The minimum atomic E-state index is -0.352. The summed E-state index contributed by atoms with van der Waals surface area (Å²) >= 11 is 0. The van der Waals surface area contributed by atoms with Crippen molar-refractivity contribution in [2.75, 3.05) is 52.3 Å². The lowest BCUT2D eigenvalue weighted by Crippen LogP contribution is -2.37. The van der Waals surface area contributed by atoms with Gasteiger partial charge in [-0.1, -0.05) is 6.92 Å². The summed E-state index contributed by atoms with van der Waals surface area (Å²) in [5.74, 6) is 0.703. The molecule has 1 aromatic carbocycles. The van der Waals surface area contributed by atoms with Crippen molar-refractivity contribution in [2.45, 2.75) is 13.3 Å². The Morgan fingerprint density at radius 2 is 2.12 bits per heavy atom. The van der Waals surface area contributed by atoms with Gasteiger partial charge in [0, 0.05) is 32.1 Å². The fraction of sp³-hybridized carbons (Fsp3) is 0.556. The maximum atomic E-state index is 12.4. The first-order chi connectivity index (χ1) is 12.0. The summed E-state index contributed by atoms with van der Waals surface area (Å²) in [6.07, 6.45) is 0.204. The maximum absolute atomic E-state index is 12.4. The second kappa shape index (κ2) is 8.71. The lowest BCUT2D eigenvalue weighted by molar-refractivity contribution is -0.126. The number of likely N-dealkylation sites (N-methyl/N-ethyl adjacent to an activating group) is 1. The van der Waals surface area contributed by atoms with E-state index < -0.39 is 0 Å². The molecule has 25 heavy (non-hydrogen) atoms. The molecule has 1 heterocycles. The lowest BCUT2D eigenvalue weighted by Gasteiger charge is -2.20. The molecule has 0 bridgehead atoms. The molecule has 0 aliphatic carbocycles. The highest BCUT2D eigenvalue weighted by Crippen LogP contribution is 2.35. The van der Waals surface area contributed by atoms with Crippen molar-refractivity contribution in [3.63, 3.8) is 0 Å². The Bertz CT molecular complexity index is 620. The summed E-state index contributed by atoms with van der Waals surface area (Å²) in [4.78, 5) is 28.5. The molecule has 1 N–H and O–H groups in total. The zero-order valence-corrected chi connectivity index (χ0v) is 15.4. The zero-order chi connectivity index (χ0) is 18.4. The molecule has 1 aromatic rings. The van der Waals surface area contributed by atoms with Crippen molar-refractivity contribution in [3.8, 4) is 11.5 Å². The number of benzene rings is 1. The third-order valence-electron chi connectivity index (χ3n) is 4.51. The molecular formula is C18H27N3O4. The third-order valence-corrected chi connectivity index (χ3v) is 4.51. The van der Waals surface area contributed by atoms with Gasteiger partial charge < -0.3 is 24.6 Å². The van der Waals surface area contributed by atoms with Crippen molar-refractivity contribution < 1.29 is 19.1 Å². The van der Waals surface area contributed by atoms with Gasteiger partial charge in [-0.05, 0) is 25.7 Å². The first-order valence-electron chi connectivity index (χ1n) is 8.48. The Morgan fingerprint density at radius 1 is 1.36 bits per heavy atom. The Labute approximate surface area is 148 Å². The molecule has 1 fully saturated rings. The van der Waals surface area contributed by atoms with Crippen molar-refractivity contribution in [3.05, 3.63) is 18.2 Å². The average molecular weight is 349 g/mol. The van der Waals surface area contributed by atoms with Crippen molar-refractivity contribution in [2.24, 2.45) is 5.92 Å². The number of ether oxygens (including phenoxy) is 2. The van der Waals surface area contributed by atoms with E-state index in [4.69, 9.17) is 9.47 Å². The van der Waals surface area contributed by atoms with E-state index in [0.717, 1.165) is 13.1 Å². The van der Waals surface area contributed by atoms with Crippen LogP contribution in [0.1, 0.15) is 13.3 Å². The summed E-state index contributed by atoms with van der Waals surface area (Å²) in [6, 6.07) is 5.29. The molecule has 1 aliphatic rings. The molecule has 1 aliphatic heterocycles. The lowest BCUT2D eigenvalue weighted by atomic mass is 10.1. The fourth-order valence-electron chi connectivity index (χ4n) is 2.80. The number of hydrogen-bond acceptors (Lipinski definition) is 5. The summed E-state index contributed by atoms with van der Waals surface area (Å²) < 4.78 is 10.6. The standard InChI is InChI=1S/C18H27N3O4/c1-5-20(2)9-8-19-18(23)13-10-17(22)21(12-13)15-11-14(24-3)6-7-16(15)25-4/h6-7,11,13H,5,8-10,12H2,1-4H3,(H,19,23)/t13-/m1/s1. The van der Waals surface area contributed by atoms with E-state index in [-0.39, 0.29) is 24.2 Å². The second-order valence-electron chi connectivity index (χ2n) is 6.13. The number of anilines is 1. The predicted octanol–water partition coefficient (Wildman–Crippen LogP) is 1.12. The largest absolute Gasteiger partial charge is 0.497 e. The topological polar surface area (TPSA) is 71.1 Å². The van der Waals surface area contributed by atoms with Gasteiger partial charge in [0.05, 0.1) is 25.8 Å². The highest BCUT2D eigenvalue weighted by Gasteiger charge is 2.36. The van der Waals surface area contributed by atoms with Gasteiger partial charge in [0.15, 0.2) is 0 Å². The Morgan fingerprint density at radius 3 is 2.76 bits per heavy atom. The molecule has 0 radical (unpaired) electrons. The zero-order valence-electron chi connectivity index (χ0n) is 15.4. The van der Waals surface area contributed by atoms with Crippen LogP contribution in [-0.4, -0.2) is 64.2 Å². The van der Waals surface area contributed by atoms with Gasteiger partial charge in [-0.3, -0.25) is 9.59 Å². The molecule has 0 unspecified atom stereocenters. The van der Waals surface area contributed by atoms with E-state index in [1.807, 2.05) is 7.05 Å². The van der Waals surface area contributed by atoms with Crippen LogP contribution in [0, 0.1) is 5.92 Å². The molecule has 2 amide bonds. The summed E-state index contributed by atoms with van der Waals surface area (Å²) in [5.41, 5.74) is 0.632. The predicted molar refractivity (Wildman–Crippen MR) is 96.2 cm³/mol. The first-order valence-corrected chi connectivity index (χ1v) is 8.48. The van der Waals surface area contributed by atoms with E-state index in [0.29, 0.717) is 30.3 Å². The number of amides is 2. The number of nitrogens with zero attached hydrogens (tertiary/aromatic N) is 2. The van der Waals surface area contributed by atoms with E-state index in [9.17, 15) is 9.59 Å². The molecule has 7 heteroatoms. The van der Waals surface area contributed by atoms with Gasteiger partial charge in [-0.2, -0.15) is 0 Å². The van der Waals surface area contributed by atoms with Crippen LogP contribution in [-0.2, 0) is 9.59 Å². The summed E-state index contributed by atoms with van der Waals surface area (Å²) in [7, 11) is 5.13. The molecule has 1 atom stereocenters. The number of carbonyl (C=O) groups is 2. The number of hydrogen-bond donors (Lipinski definition) is 1. The molecule has 2 rings (SSSR count). The van der Waals surface area contributed by atoms with E-state index >= 15 is 0 Å². The fourth-order valence-corrected chi connectivity index (χ4v) is 2.80. The van der Waals surface area contributed by atoms with Crippen LogP contribution in [0.2, 0.25) is 0 Å². The Balaban J connectivity index is 2.03. The number of carbonyl (C=O) groups excluding carboxylic acids is 2. The van der Waals surface area contributed by atoms with Crippen LogP contribution in [0.5, 0.6) is 11.5 Å². The van der Waals surface area contributed by atoms with E-state index in [1.165, 1.54) is 0 Å². The van der Waals surface area contributed by atoms with Crippen LogP contribution in [0.4, 0.5) is 5.69 Å². The number of methoxy groups -OCH3 is 2. The van der Waals surface area contributed by atoms with Gasteiger partial charge in [-0.25, -0.2) is 0 Å². The van der Waals surface area contributed by atoms with Crippen molar-refractivity contribution in [1.82, 2.24) is 10.2 Å². The van der Waals surface area contributed by atoms with Crippen LogP contribution in [0.3, 0.4) is 0 Å². The molecule has 0 spiro atoms. The van der Waals surface area contributed by atoms with Gasteiger partial charge in [0.1, 0.15) is 11.5 Å². The number of nitrogens with one attached hydrogen (secondary N) is 1. The molecule has 1 saturated heterocycles. The smallest absolute Gasteiger partial charge is 0.227 e. The minimum absolute atomic E-state index is 0.0813. The van der Waals surface area contributed by atoms with Gasteiger partial charge >= 0.3 is 0 Å². The Hall–Kier alpha value is -2.28. The van der Waals surface area contributed by atoms with Gasteiger partial charge in [0.2, 0.25) is 11.8 Å². The summed E-state index contributed by atoms with van der Waals surface area (Å²) in [6.45, 7) is 4.71. The van der Waals surface area contributed by atoms with Gasteiger partial charge in [-0.15, -0.1) is 0 Å². The third kappa shape index (κ3) is 4.63. The molecule has 0 aromatic heterocycles. The maximum Gasteiger partial charge on any atom is 0.227 e. The molecule has 7 nitrogen and oxygen atoms in total. The van der Waals surface area contributed by atoms with Crippen LogP contribution in [0.15, 0.2) is 18.2 Å². The van der Waals surface area contributed by atoms with E-state index in [1.54, 1.807) is 37.3 Å². The van der Waals surface area contributed by atoms with Crippen LogP contribution in [0.25, 0.3) is 0 Å². The Kier molecular flexibility index (Phi) is 6.64. The average Bonchev–Trinajstić information content (AvgIpc) is 3.02. The SMILES string of the molecule is CCN(C)CCNC(=O)[C@@H]1CC(=O)N(c2cc(OC)ccc2OC)C1. The molecular weight excluding hydrogens is 322 g/mol. The molecule has 138 valence electrons. The monoisotopic (exact) mass is 349 g/mol. The second-order valence-corrected chi connectivity index (χ2v) is 6.13. The van der Waals surface area contributed by atoms with Crippen molar-refractivity contribution in [1.29, 1.82) is 0 Å². The van der Waals surface area contributed by atoms with Crippen LogP contribution >= 0.6 is 0 Å². The molecule has 0 saturated carbocycles. The van der Waals surface area contributed by atoms with Crippen molar-refractivity contribution >= 4 is 17.5 Å². The first kappa shape index (κ1) is 19.1.